The third-order valence-corrected chi connectivity index (χ3v) is 2.85. The Bertz CT molecular complexity index is 255. The summed E-state index contributed by atoms with van der Waals surface area (Å²) < 4.78 is 0. The van der Waals surface area contributed by atoms with Crippen molar-refractivity contribution in [2.75, 3.05) is 6.54 Å². The molecule has 0 aliphatic carbocycles. The predicted octanol–water partition coefficient (Wildman–Crippen LogP) is 3.77. The molecular weight excluding hydrogens is 182 g/mol. The van der Waals surface area contributed by atoms with Gasteiger partial charge in [-0.15, -0.1) is 0 Å². The van der Waals surface area contributed by atoms with Gasteiger partial charge in [0.15, 0.2) is 0 Å². The van der Waals surface area contributed by atoms with Crippen LogP contribution in [0, 0.1) is 5.92 Å². The highest BCUT2D eigenvalue weighted by Gasteiger charge is 2.06. The molecule has 0 spiro atoms. The van der Waals surface area contributed by atoms with Crippen LogP contribution in [0.3, 0.4) is 0 Å². The Kier molecular flexibility index (Phi) is 5.41. The van der Waals surface area contributed by atoms with Crippen LogP contribution in [0.4, 0.5) is 0 Å². The Morgan fingerprint density at radius 3 is 2.40 bits per heavy atom. The molecule has 2 unspecified atom stereocenters. The van der Waals surface area contributed by atoms with E-state index in [4.69, 9.17) is 0 Å². The summed E-state index contributed by atoms with van der Waals surface area (Å²) in [5.41, 5.74) is 1.38. The molecule has 0 radical (unpaired) electrons. The van der Waals surface area contributed by atoms with E-state index in [-0.39, 0.29) is 0 Å². The Morgan fingerprint density at radius 1 is 1.13 bits per heavy atom. The largest absolute Gasteiger partial charge is 0.310 e. The van der Waals surface area contributed by atoms with Crippen molar-refractivity contribution in [2.45, 2.75) is 39.7 Å². The van der Waals surface area contributed by atoms with E-state index in [2.05, 4.69) is 56.4 Å². The molecule has 1 rings (SSSR count). The van der Waals surface area contributed by atoms with Crippen molar-refractivity contribution in [3.63, 3.8) is 0 Å². The summed E-state index contributed by atoms with van der Waals surface area (Å²) in [6.45, 7) is 7.91. The van der Waals surface area contributed by atoms with Gasteiger partial charge in [-0.2, -0.15) is 0 Å². The van der Waals surface area contributed by atoms with E-state index in [1.807, 2.05) is 0 Å². The third-order valence-electron chi connectivity index (χ3n) is 2.85. The van der Waals surface area contributed by atoms with Gasteiger partial charge < -0.3 is 5.32 Å². The first-order valence-electron chi connectivity index (χ1n) is 6.02. The first-order valence-corrected chi connectivity index (χ1v) is 6.02. The molecule has 0 aliphatic rings. The number of hydrogen-bond acceptors (Lipinski definition) is 1. The third kappa shape index (κ3) is 4.48. The van der Waals surface area contributed by atoms with E-state index in [0.717, 1.165) is 12.5 Å². The second-order valence-corrected chi connectivity index (χ2v) is 4.43. The van der Waals surface area contributed by atoms with Crippen LogP contribution in [-0.2, 0) is 0 Å². The Morgan fingerprint density at radius 2 is 1.80 bits per heavy atom. The quantitative estimate of drug-likeness (QED) is 0.745. The second-order valence-electron chi connectivity index (χ2n) is 4.43. The van der Waals surface area contributed by atoms with E-state index >= 15 is 0 Å². The summed E-state index contributed by atoms with van der Waals surface area (Å²) in [5.74, 6) is 0.779. The maximum Gasteiger partial charge on any atom is 0.0291 e. The molecular formula is C14H23N. The lowest BCUT2D eigenvalue weighted by molar-refractivity contribution is 0.444. The minimum atomic E-state index is 0.463. The monoisotopic (exact) mass is 205 g/mol. The van der Waals surface area contributed by atoms with Gasteiger partial charge in [-0.25, -0.2) is 0 Å². The molecule has 0 saturated heterocycles. The molecule has 0 aromatic heterocycles. The first-order chi connectivity index (χ1) is 7.24. The molecule has 1 nitrogen and oxygen atoms in total. The molecule has 0 bridgehead atoms. The molecule has 0 saturated carbocycles. The zero-order valence-electron chi connectivity index (χ0n) is 10.2. The predicted molar refractivity (Wildman–Crippen MR) is 66.9 cm³/mol. The van der Waals surface area contributed by atoms with Crippen molar-refractivity contribution >= 4 is 0 Å². The van der Waals surface area contributed by atoms with Crippen LogP contribution in [0.15, 0.2) is 30.3 Å². The van der Waals surface area contributed by atoms with Gasteiger partial charge in [0.25, 0.3) is 0 Å². The lowest BCUT2D eigenvalue weighted by atomic mass is 10.0. The van der Waals surface area contributed by atoms with Crippen LogP contribution >= 0.6 is 0 Å². The van der Waals surface area contributed by atoms with Gasteiger partial charge in [0, 0.05) is 6.04 Å². The van der Waals surface area contributed by atoms with Crippen molar-refractivity contribution in [2.24, 2.45) is 5.92 Å². The van der Waals surface area contributed by atoms with Gasteiger partial charge in [0.2, 0.25) is 0 Å². The van der Waals surface area contributed by atoms with Crippen molar-refractivity contribution < 1.29 is 0 Å². The highest BCUT2D eigenvalue weighted by atomic mass is 14.9. The SMILES string of the molecule is CCCC(C)CNC(C)c1ccccc1. The standard InChI is InChI=1S/C14H23N/c1-4-8-12(2)11-15-13(3)14-9-6-5-7-10-14/h5-7,9-10,12-13,15H,4,8,11H2,1-3H3. The van der Waals surface area contributed by atoms with Gasteiger partial charge in [-0.05, 0) is 31.4 Å². The van der Waals surface area contributed by atoms with Crippen molar-refractivity contribution in [3.8, 4) is 0 Å². The minimum Gasteiger partial charge on any atom is -0.310 e. The topological polar surface area (TPSA) is 12.0 Å². The van der Waals surface area contributed by atoms with E-state index < -0.39 is 0 Å². The van der Waals surface area contributed by atoms with E-state index in [1.165, 1.54) is 18.4 Å². The number of nitrogens with one attached hydrogen (secondary N) is 1. The molecule has 1 aromatic rings. The molecule has 15 heavy (non-hydrogen) atoms. The van der Waals surface area contributed by atoms with Crippen molar-refractivity contribution in [3.05, 3.63) is 35.9 Å². The van der Waals surface area contributed by atoms with Gasteiger partial charge in [-0.3, -0.25) is 0 Å². The molecule has 0 heterocycles. The fraction of sp³-hybridized carbons (Fsp3) is 0.571. The average Bonchev–Trinajstić information content (AvgIpc) is 2.27. The average molecular weight is 205 g/mol. The van der Waals surface area contributed by atoms with Crippen LogP contribution in [0.25, 0.3) is 0 Å². The van der Waals surface area contributed by atoms with Gasteiger partial charge in [0.05, 0.1) is 0 Å². The van der Waals surface area contributed by atoms with Gasteiger partial charge >= 0.3 is 0 Å². The smallest absolute Gasteiger partial charge is 0.0291 e. The van der Waals surface area contributed by atoms with Crippen LogP contribution < -0.4 is 5.32 Å². The fourth-order valence-corrected chi connectivity index (χ4v) is 1.83. The van der Waals surface area contributed by atoms with E-state index in [0.29, 0.717) is 6.04 Å². The van der Waals surface area contributed by atoms with Gasteiger partial charge in [-0.1, -0.05) is 50.6 Å². The molecule has 0 fully saturated rings. The van der Waals surface area contributed by atoms with Crippen LogP contribution in [0.5, 0.6) is 0 Å². The van der Waals surface area contributed by atoms with Crippen LogP contribution in [0.1, 0.15) is 45.2 Å². The fourth-order valence-electron chi connectivity index (χ4n) is 1.83. The maximum absolute atomic E-state index is 3.58. The number of rotatable bonds is 6. The summed E-state index contributed by atoms with van der Waals surface area (Å²) in [6, 6.07) is 11.1. The zero-order chi connectivity index (χ0) is 11.1. The molecule has 0 aliphatic heterocycles. The zero-order valence-corrected chi connectivity index (χ0v) is 10.2. The highest BCUT2D eigenvalue weighted by molar-refractivity contribution is 5.17. The molecule has 0 amide bonds. The van der Waals surface area contributed by atoms with E-state index in [9.17, 15) is 0 Å². The molecule has 2 atom stereocenters. The second kappa shape index (κ2) is 6.62. The van der Waals surface area contributed by atoms with Crippen molar-refractivity contribution in [1.29, 1.82) is 0 Å². The summed E-state index contributed by atoms with van der Waals surface area (Å²) in [7, 11) is 0. The molecule has 1 heteroatoms. The highest BCUT2D eigenvalue weighted by Crippen LogP contribution is 2.12. The Hall–Kier alpha value is -0.820. The summed E-state index contributed by atoms with van der Waals surface area (Å²) >= 11 is 0. The Balaban J connectivity index is 2.33. The summed E-state index contributed by atoms with van der Waals surface area (Å²) in [5, 5.41) is 3.58. The van der Waals surface area contributed by atoms with E-state index in [1.54, 1.807) is 0 Å². The summed E-state index contributed by atoms with van der Waals surface area (Å²) in [4.78, 5) is 0. The van der Waals surface area contributed by atoms with Gasteiger partial charge in [0.1, 0.15) is 0 Å². The molecule has 84 valence electrons. The van der Waals surface area contributed by atoms with Crippen LogP contribution in [-0.4, -0.2) is 6.54 Å². The number of hydrogen-bond donors (Lipinski definition) is 1. The first kappa shape index (κ1) is 12.3. The van der Waals surface area contributed by atoms with Crippen LogP contribution in [0.2, 0.25) is 0 Å². The summed E-state index contributed by atoms with van der Waals surface area (Å²) in [6.07, 6.45) is 2.59. The minimum absolute atomic E-state index is 0.463. The lowest BCUT2D eigenvalue weighted by Crippen LogP contribution is -2.24. The maximum atomic E-state index is 3.58. The molecule has 1 N–H and O–H groups in total. The Labute approximate surface area is 93.9 Å². The lowest BCUT2D eigenvalue weighted by Gasteiger charge is -2.17. The molecule has 1 aromatic carbocycles. The number of benzene rings is 1. The van der Waals surface area contributed by atoms with Crippen molar-refractivity contribution in [1.82, 2.24) is 5.32 Å². The normalized spacial score (nSPS) is 14.9.